The fourth-order valence-electron chi connectivity index (χ4n) is 1.44. The second kappa shape index (κ2) is 8.22. The van der Waals surface area contributed by atoms with Crippen molar-refractivity contribution in [3.05, 3.63) is 22.2 Å². The number of nitro groups is 1. The van der Waals surface area contributed by atoms with E-state index in [1.54, 1.807) is 0 Å². The summed E-state index contributed by atoms with van der Waals surface area (Å²) < 4.78 is 5.32. The largest absolute Gasteiger partial charge is 0.381 e. The molecule has 0 aliphatic carbocycles. The molecular weight excluding hydrogens is 250 g/mol. The van der Waals surface area contributed by atoms with Crippen molar-refractivity contribution in [3.63, 3.8) is 0 Å². The molecule has 1 aromatic heterocycles. The van der Waals surface area contributed by atoms with Gasteiger partial charge in [0.05, 0.1) is 4.92 Å². The molecule has 8 heteroatoms. The summed E-state index contributed by atoms with van der Waals surface area (Å²) >= 11 is 0. The van der Waals surface area contributed by atoms with Gasteiger partial charge in [-0.3, -0.25) is 10.1 Å². The SMILES string of the molecule is CCCOCCCNc1nc(NN)ccc1[N+](=O)[O-]. The fraction of sp³-hybridized carbons (Fsp3) is 0.545. The van der Waals surface area contributed by atoms with E-state index in [-0.39, 0.29) is 11.5 Å². The molecular formula is C11H19N5O3. The Hall–Kier alpha value is -1.93. The molecule has 0 radical (unpaired) electrons. The number of nitrogens with two attached hydrogens (primary N) is 1. The van der Waals surface area contributed by atoms with E-state index in [9.17, 15) is 10.1 Å². The van der Waals surface area contributed by atoms with Gasteiger partial charge in [0.25, 0.3) is 0 Å². The van der Waals surface area contributed by atoms with Crippen molar-refractivity contribution in [2.24, 2.45) is 5.84 Å². The number of nitrogens with zero attached hydrogens (tertiary/aromatic N) is 2. The van der Waals surface area contributed by atoms with Crippen LogP contribution in [0.25, 0.3) is 0 Å². The quantitative estimate of drug-likeness (QED) is 0.269. The average molecular weight is 269 g/mol. The number of rotatable bonds is 9. The van der Waals surface area contributed by atoms with Crippen molar-refractivity contribution in [2.75, 3.05) is 30.5 Å². The lowest BCUT2D eigenvalue weighted by Gasteiger charge is -2.08. The molecule has 8 nitrogen and oxygen atoms in total. The van der Waals surface area contributed by atoms with Gasteiger partial charge in [0, 0.05) is 25.8 Å². The molecule has 0 aliphatic heterocycles. The molecule has 0 amide bonds. The first-order valence-corrected chi connectivity index (χ1v) is 6.12. The molecule has 0 fully saturated rings. The van der Waals surface area contributed by atoms with Crippen molar-refractivity contribution in [1.29, 1.82) is 0 Å². The first-order chi connectivity index (χ1) is 9.19. The maximum absolute atomic E-state index is 10.8. The summed E-state index contributed by atoms with van der Waals surface area (Å²) in [5.74, 6) is 5.80. The average Bonchev–Trinajstić information content (AvgIpc) is 2.42. The third kappa shape index (κ3) is 5.06. The van der Waals surface area contributed by atoms with Crippen LogP contribution in [0.4, 0.5) is 17.3 Å². The van der Waals surface area contributed by atoms with Gasteiger partial charge in [-0.1, -0.05) is 6.92 Å². The standard InChI is InChI=1S/C11H19N5O3/c1-2-7-19-8-3-6-13-11-9(16(17)18)4-5-10(14-11)15-12/h4-5H,2-3,6-8,12H2,1H3,(H2,13,14,15). The van der Waals surface area contributed by atoms with Gasteiger partial charge in [-0.05, 0) is 18.9 Å². The third-order valence-corrected chi connectivity index (χ3v) is 2.32. The molecule has 0 atom stereocenters. The van der Waals surface area contributed by atoms with Gasteiger partial charge in [0.1, 0.15) is 5.82 Å². The molecule has 0 aromatic carbocycles. The number of hydrogen-bond donors (Lipinski definition) is 3. The van der Waals surface area contributed by atoms with Gasteiger partial charge in [-0.15, -0.1) is 0 Å². The number of nitrogen functional groups attached to an aromatic ring is 1. The highest BCUT2D eigenvalue weighted by atomic mass is 16.6. The van der Waals surface area contributed by atoms with Gasteiger partial charge in [-0.25, -0.2) is 10.8 Å². The minimum Gasteiger partial charge on any atom is -0.381 e. The second-order valence-corrected chi connectivity index (χ2v) is 3.86. The molecule has 1 aromatic rings. The number of pyridine rings is 1. The Kier molecular flexibility index (Phi) is 6.55. The predicted molar refractivity (Wildman–Crippen MR) is 72.9 cm³/mol. The first kappa shape index (κ1) is 15.1. The number of hydrazine groups is 1. The van der Waals surface area contributed by atoms with Crippen LogP contribution < -0.4 is 16.6 Å². The Morgan fingerprint density at radius 3 is 2.89 bits per heavy atom. The predicted octanol–water partition coefficient (Wildman–Crippen LogP) is 1.50. The van der Waals surface area contributed by atoms with E-state index in [0.717, 1.165) is 19.4 Å². The monoisotopic (exact) mass is 269 g/mol. The van der Waals surface area contributed by atoms with E-state index >= 15 is 0 Å². The zero-order valence-corrected chi connectivity index (χ0v) is 10.9. The molecule has 106 valence electrons. The summed E-state index contributed by atoms with van der Waals surface area (Å²) in [6.07, 6.45) is 1.73. The number of aromatic nitrogens is 1. The van der Waals surface area contributed by atoms with Gasteiger partial charge < -0.3 is 15.5 Å². The van der Waals surface area contributed by atoms with Crippen LogP contribution in [0.1, 0.15) is 19.8 Å². The Bertz CT molecular complexity index is 413. The van der Waals surface area contributed by atoms with Crippen LogP contribution in [-0.4, -0.2) is 29.7 Å². The van der Waals surface area contributed by atoms with Crippen LogP contribution in [-0.2, 0) is 4.74 Å². The zero-order valence-electron chi connectivity index (χ0n) is 10.9. The maximum atomic E-state index is 10.8. The van der Waals surface area contributed by atoms with Gasteiger partial charge in [0.2, 0.25) is 5.82 Å². The van der Waals surface area contributed by atoms with E-state index in [0.29, 0.717) is 19.0 Å². The molecule has 0 saturated carbocycles. The van der Waals surface area contributed by atoms with Crippen LogP contribution in [0, 0.1) is 10.1 Å². The molecule has 4 N–H and O–H groups in total. The Labute approximate surface area is 111 Å². The summed E-state index contributed by atoms with van der Waals surface area (Å²) in [6.45, 7) is 3.93. The Balaban J connectivity index is 2.52. The highest BCUT2D eigenvalue weighted by molar-refractivity contribution is 5.59. The smallest absolute Gasteiger partial charge is 0.311 e. The lowest BCUT2D eigenvalue weighted by molar-refractivity contribution is -0.384. The summed E-state index contributed by atoms with van der Waals surface area (Å²) in [5.41, 5.74) is 2.28. The van der Waals surface area contributed by atoms with Crippen molar-refractivity contribution >= 4 is 17.3 Å². The van der Waals surface area contributed by atoms with Crippen LogP contribution in [0.5, 0.6) is 0 Å². The van der Waals surface area contributed by atoms with Crippen LogP contribution >= 0.6 is 0 Å². The van der Waals surface area contributed by atoms with Crippen molar-refractivity contribution in [1.82, 2.24) is 4.98 Å². The van der Waals surface area contributed by atoms with E-state index < -0.39 is 4.92 Å². The highest BCUT2D eigenvalue weighted by Gasteiger charge is 2.15. The lowest BCUT2D eigenvalue weighted by Crippen LogP contribution is -2.12. The van der Waals surface area contributed by atoms with Gasteiger partial charge in [0.15, 0.2) is 0 Å². The van der Waals surface area contributed by atoms with Gasteiger partial charge in [-0.2, -0.15) is 0 Å². The maximum Gasteiger partial charge on any atom is 0.311 e. The highest BCUT2D eigenvalue weighted by Crippen LogP contribution is 2.23. The number of anilines is 2. The summed E-state index contributed by atoms with van der Waals surface area (Å²) in [6, 6.07) is 2.81. The second-order valence-electron chi connectivity index (χ2n) is 3.86. The fourth-order valence-corrected chi connectivity index (χ4v) is 1.44. The summed E-state index contributed by atoms with van der Waals surface area (Å²) in [5, 5.41) is 13.8. The number of nitrogens with one attached hydrogen (secondary N) is 2. The molecule has 0 unspecified atom stereocenters. The first-order valence-electron chi connectivity index (χ1n) is 6.12. The van der Waals surface area contributed by atoms with Crippen molar-refractivity contribution < 1.29 is 9.66 Å². The topological polar surface area (TPSA) is 115 Å². The van der Waals surface area contributed by atoms with Crippen molar-refractivity contribution in [3.8, 4) is 0 Å². The van der Waals surface area contributed by atoms with Crippen LogP contribution in [0.15, 0.2) is 12.1 Å². The summed E-state index contributed by atoms with van der Waals surface area (Å²) in [7, 11) is 0. The van der Waals surface area contributed by atoms with Crippen molar-refractivity contribution in [2.45, 2.75) is 19.8 Å². The molecule has 0 aliphatic rings. The van der Waals surface area contributed by atoms with Gasteiger partial charge >= 0.3 is 5.69 Å². The number of hydrogen-bond acceptors (Lipinski definition) is 7. The minimum atomic E-state index is -0.483. The zero-order chi connectivity index (χ0) is 14.1. The number of ether oxygens (including phenoxy) is 1. The molecule has 0 saturated heterocycles. The van der Waals surface area contributed by atoms with Crippen LogP contribution in [0.2, 0.25) is 0 Å². The Morgan fingerprint density at radius 2 is 2.26 bits per heavy atom. The van der Waals surface area contributed by atoms with E-state index in [4.69, 9.17) is 10.6 Å². The molecule has 1 rings (SSSR count). The van der Waals surface area contributed by atoms with E-state index in [2.05, 4.69) is 15.7 Å². The van der Waals surface area contributed by atoms with E-state index in [1.165, 1.54) is 12.1 Å². The molecule has 1 heterocycles. The third-order valence-electron chi connectivity index (χ3n) is 2.32. The normalized spacial score (nSPS) is 10.2. The minimum absolute atomic E-state index is 0.0755. The molecule has 19 heavy (non-hydrogen) atoms. The molecule has 0 spiro atoms. The lowest BCUT2D eigenvalue weighted by atomic mass is 10.3. The Morgan fingerprint density at radius 1 is 1.47 bits per heavy atom. The van der Waals surface area contributed by atoms with E-state index in [1.807, 2.05) is 6.92 Å². The molecule has 0 bridgehead atoms. The summed E-state index contributed by atoms with van der Waals surface area (Å²) in [4.78, 5) is 14.4. The van der Waals surface area contributed by atoms with Crippen LogP contribution in [0.3, 0.4) is 0 Å².